The molecule has 0 amide bonds. The fourth-order valence-electron chi connectivity index (χ4n) is 2.88. The molecule has 0 spiro atoms. The molecule has 0 aromatic carbocycles. The van der Waals surface area contributed by atoms with Crippen molar-refractivity contribution in [3.05, 3.63) is 0 Å². The lowest BCUT2D eigenvalue weighted by atomic mass is 9.87. The highest BCUT2D eigenvalue weighted by Crippen LogP contribution is 2.29. The highest BCUT2D eigenvalue weighted by atomic mass is 14.2. The van der Waals surface area contributed by atoms with Crippen molar-refractivity contribution in [1.29, 1.82) is 0 Å². The van der Waals surface area contributed by atoms with E-state index >= 15 is 0 Å². The van der Waals surface area contributed by atoms with Crippen LogP contribution in [-0.2, 0) is 0 Å². The van der Waals surface area contributed by atoms with E-state index in [2.05, 4.69) is 20.8 Å². The Hall–Kier alpha value is 0. The molecule has 13 heavy (non-hydrogen) atoms. The molecule has 0 aliphatic heterocycles. The molecule has 1 saturated carbocycles. The molecule has 3 unspecified atom stereocenters. The summed E-state index contributed by atoms with van der Waals surface area (Å²) in [4.78, 5) is 0. The summed E-state index contributed by atoms with van der Waals surface area (Å²) in [6.45, 7) is 7.24. The molecule has 1 fully saturated rings. The topological polar surface area (TPSA) is 0 Å². The van der Waals surface area contributed by atoms with E-state index in [1.54, 1.807) is 0 Å². The maximum Gasteiger partial charge on any atom is -0.0414 e. The van der Waals surface area contributed by atoms with Gasteiger partial charge in [0.2, 0.25) is 0 Å². The van der Waals surface area contributed by atoms with Crippen LogP contribution in [0.1, 0.15) is 65.7 Å². The summed E-state index contributed by atoms with van der Waals surface area (Å²) < 4.78 is 0. The van der Waals surface area contributed by atoms with Crippen LogP contribution < -0.4 is 0 Å². The zero-order chi connectivity index (χ0) is 9.68. The number of hydrogen-bond acceptors (Lipinski definition) is 0. The first kappa shape index (κ1) is 11.1. The van der Waals surface area contributed by atoms with Gasteiger partial charge in [-0.3, -0.25) is 0 Å². The van der Waals surface area contributed by atoms with Gasteiger partial charge in [0.05, 0.1) is 0 Å². The molecule has 0 saturated heterocycles. The van der Waals surface area contributed by atoms with Crippen molar-refractivity contribution < 1.29 is 0 Å². The van der Waals surface area contributed by atoms with Crippen LogP contribution >= 0.6 is 0 Å². The molecule has 78 valence electrons. The third-order valence-electron chi connectivity index (χ3n) is 3.68. The molecule has 0 radical (unpaired) electrons. The van der Waals surface area contributed by atoms with Crippen molar-refractivity contribution in [3.63, 3.8) is 0 Å². The second kappa shape index (κ2) is 5.67. The molecule has 0 aromatic heterocycles. The fraction of sp³-hybridized carbons (Fsp3) is 1.00. The minimum absolute atomic E-state index is 0.970. The molecule has 0 N–H and O–H groups in total. The maximum atomic E-state index is 2.45. The van der Waals surface area contributed by atoms with E-state index in [-0.39, 0.29) is 0 Å². The van der Waals surface area contributed by atoms with Crippen LogP contribution in [0.5, 0.6) is 0 Å². The minimum atomic E-state index is 0.970. The highest BCUT2D eigenvalue weighted by molar-refractivity contribution is 4.68. The van der Waals surface area contributed by atoms with Crippen molar-refractivity contribution in [2.24, 2.45) is 17.8 Å². The van der Waals surface area contributed by atoms with Crippen molar-refractivity contribution in [1.82, 2.24) is 0 Å². The standard InChI is InChI=1S/C13H26/c1-4-13-8-6-5-7-11(2)9-12(3)10-13/h11-13H,4-10H2,1-3H3. The first-order valence-electron chi connectivity index (χ1n) is 6.22. The number of hydrogen-bond donors (Lipinski definition) is 0. The van der Waals surface area contributed by atoms with Gasteiger partial charge in [-0.25, -0.2) is 0 Å². The molecule has 3 atom stereocenters. The summed E-state index contributed by atoms with van der Waals surface area (Å²) in [6.07, 6.45) is 10.3. The van der Waals surface area contributed by atoms with Crippen LogP contribution in [0.3, 0.4) is 0 Å². The first-order chi connectivity index (χ1) is 6.22. The van der Waals surface area contributed by atoms with Crippen molar-refractivity contribution in [3.8, 4) is 0 Å². The first-order valence-corrected chi connectivity index (χ1v) is 6.22. The Morgan fingerprint density at radius 3 is 2.31 bits per heavy atom. The van der Waals surface area contributed by atoms with E-state index in [0.29, 0.717) is 0 Å². The monoisotopic (exact) mass is 182 g/mol. The summed E-state index contributed by atoms with van der Waals surface area (Å²) in [5.74, 6) is 2.98. The van der Waals surface area contributed by atoms with Crippen LogP contribution in [0, 0.1) is 17.8 Å². The van der Waals surface area contributed by atoms with Crippen LogP contribution in [0.15, 0.2) is 0 Å². The van der Waals surface area contributed by atoms with Crippen molar-refractivity contribution >= 4 is 0 Å². The molecule has 0 bridgehead atoms. The zero-order valence-electron chi connectivity index (χ0n) is 9.68. The average Bonchev–Trinajstić information content (AvgIpc) is 2.16. The molecule has 1 aliphatic rings. The van der Waals surface area contributed by atoms with Gasteiger partial charge in [-0.1, -0.05) is 52.9 Å². The van der Waals surface area contributed by atoms with E-state index in [4.69, 9.17) is 0 Å². The minimum Gasteiger partial charge on any atom is -0.0651 e. The van der Waals surface area contributed by atoms with Gasteiger partial charge in [0.25, 0.3) is 0 Å². The Morgan fingerprint density at radius 1 is 0.923 bits per heavy atom. The maximum absolute atomic E-state index is 2.45. The average molecular weight is 182 g/mol. The molecule has 0 nitrogen and oxygen atoms in total. The Kier molecular flexibility index (Phi) is 4.83. The van der Waals surface area contributed by atoms with Crippen molar-refractivity contribution in [2.75, 3.05) is 0 Å². The van der Waals surface area contributed by atoms with E-state index in [1.165, 1.54) is 44.9 Å². The molecule has 0 aromatic rings. The SMILES string of the molecule is CCC1CCCCC(C)CC(C)C1. The number of rotatable bonds is 1. The lowest BCUT2D eigenvalue weighted by Crippen LogP contribution is -2.07. The van der Waals surface area contributed by atoms with Gasteiger partial charge in [-0.15, -0.1) is 0 Å². The van der Waals surface area contributed by atoms with Crippen LogP contribution in [0.25, 0.3) is 0 Å². The van der Waals surface area contributed by atoms with Gasteiger partial charge in [0.1, 0.15) is 0 Å². The molecular weight excluding hydrogens is 156 g/mol. The summed E-state index contributed by atoms with van der Waals surface area (Å²) >= 11 is 0. The van der Waals surface area contributed by atoms with Gasteiger partial charge < -0.3 is 0 Å². The Labute approximate surface area is 84.1 Å². The summed E-state index contributed by atoms with van der Waals surface area (Å²) in [6, 6.07) is 0. The van der Waals surface area contributed by atoms with E-state index in [9.17, 15) is 0 Å². The quantitative estimate of drug-likeness (QED) is 0.554. The molecule has 1 rings (SSSR count). The smallest absolute Gasteiger partial charge is 0.0414 e. The second-order valence-corrected chi connectivity index (χ2v) is 5.24. The van der Waals surface area contributed by atoms with Gasteiger partial charge in [0.15, 0.2) is 0 Å². The lowest BCUT2D eigenvalue weighted by Gasteiger charge is -2.19. The van der Waals surface area contributed by atoms with E-state index in [1.807, 2.05) is 0 Å². The van der Waals surface area contributed by atoms with Crippen LogP contribution in [-0.4, -0.2) is 0 Å². The fourth-order valence-corrected chi connectivity index (χ4v) is 2.88. The Morgan fingerprint density at radius 2 is 1.62 bits per heavy atom. The molecular formula is C13H26. The van der Waals surface area contributed by atoms with Crippen LogP contribution in [0.4, 0.5) is 0 Å². The van der Waals surface area contributed by atoms with Gasteiger partial charge in [0, 0.05) is 0 Å². The van der Waals surface area contributed by atoms with E-state index < -0.39 is 0 Å². The third kappa shape index (κ3) is 4.15. The lowest BCUT2D eigenvalue weighted by molar-refractivity contribution is 0.327. The van der Waals surface area contributed by atoms with Crippen molar-refractivity contribution in [2.45, 2.75) is 65.7 Å². The molecule has 0 heterocycles. The summed E-state index contributed by atoms with van der Waals surface area (Å²) in [7, 11) is 0. The van der Waals surface area contributed by atoms with Gasteiger partial charge in [-0.2, -0.15) is 0 Å². The molecule has 0 heteroatoms. The third-order valence-corrected chi connectivity index (χ3v) is 3.68. The Balaban J connectivity index is 2.40. The zero-order valence-corrected chi connectivity index (χ0v) is 9.68. The summed E-state index contributed by atoms with van der Waals surface area (Å²) in [5.41, 5.74) is 0. The molecule has 1 aliphatic carbocycles. The second-order valence-electron chi connectivity index (χ2n) is 5.24. The van der Waals surface area contributed by atoms with Gasteiger partial charge in [-0.05, 0) is 30.6 Å². The van der Waals surface area contributed by atoms with Gasteiger partial charge >= 0.3 is 0 Å². The Bertz CT molecular complexity index is 128. The normalized spacial score (nSPS) is 37.6. The highest BCUT2D eigenvalue weighted by Gasteiger charge is 2.16. The predicted octanol–water partition coefficient (Wildman–Crippen LogP) is 4.64. The predicted molar refractivity (Wildman–Crippen MR) is 59.8 cm³/mol. The largest absolute Gasteiger partial charge is 0.0651 e. The summed E-state index contributed by atoms with van der Waals surface area (Å²) in [5, 5.41) is 0. The van der Waals surface area contributed by atoms with E-state index in [0.717, 1.165) is 17.8 Å². The van der Waals surface area contributed by atoms with Crippen LogP contribution in [0.2, 0.25) is 0 Å².